The number of hydrogen-bond acceptors (Lipinski definition) is 5. The number of aldehydes is 1. The molecule has 6 heteroatoms. The number of ether oxygens (including phenoxy) is 1. The number of aliphatic hydroxyl groups is 1. The van der Waals surface area contributed by atoms with Crippen molar-refractivity contribution in [1.29, 1.82) is 0 Å². The molecule has 4 aliphatic carbocycles. The van der Waals surface area contributed by atoms with E-state index in [-0.39, 0.29) is 29.0 Å². The Kier molecular flexibility index (Phi) is 4.59. The number of carbonyl (C=O) groups excluding carboxylic acids is 3. The van der Waals surface area contributed by atoms with Crippen LogP contribution in [0.5, 0.6) is 0 Å². The normalized spacial score (nSPS) is 50.1. The fraction of sp³-hybridized carbons (Fsp3) is 0.773. The van der Waals surface area contributed by atoms with Crippen LogP contribution in [0.25, 0.3) is 0 Å². The molecule has 3 fully saturated rings. The highest BCUT2D eigenvalue weighted by Gasteiger charge is 2.68. The molecule has 0 aromatic rings. The Hall–Kier alpha value is -1.20. The molecule has 0 heterocycles. The second-order valence-electron chi connectivity index (χ2n) is 9.76. The number of aliphatic hydroxyl groups excluding tert-OH is 1. The maximum Gasteiger partial charge on any atom is 0.303 e. The molecule has 0 spiro atoms. The molecule has 0 aromatic heterocycles. The van der Waals surface area contributed by atoms with Crippen molar-refractivity contribution in [2.24, 2.45) is 28.6 Å². The van der Waals surface area contributed by atoms with Gasteiger partial charge in [0.1, 0.15) is 0 Å². The molecule has 0 saturated heterocycles. The van der Waals surface area contributed by atoms with Gasteiger partial charge >= 0.3 is 5.97 Å². The second kappa shape index (κ2) is 6.40. The summed E-state index contributed by atoms with van der Waals surface area (Å²) < 4.78 is 5.63. The summed E-state index contributed by atoms with van der Waals surface area (Å²) in [7, 11) is 0. The van der Waals surface area contributed by atoms with Crippen LogP contribution in [0, 0.1) is 28.6 Å². The van der Waals surface area contributed by atoms with Crippen LogP contribution in [0.3, 0.4) is 0 Å². The van der Waals surface area contributed by atoms with E-state index in [1.54, 1.807) is 6.08 Å². The predicted octanol–water partition coefficient (Wildman–Crippen LogP) is 3.21. The lowest BCUT2D eigenvalue weighted by molar-refractivity contribution is -0.186. The van der Waals surface area contributed by atoms with Gasteiger partial charge in [-0.25, -0.2) is 0 Å². The van der Waals surface area contributed by atoms with Gasteiger partial charge in [0, 0.05) is 18.8 Å². The number of rotatable bonds is 2. The molecular weight excluding hydrogens is 380 g/mol. The summed E-state index contributed by atoms with van der Waals surface area (Å²) in [5.74, 6) is -0.189. The summed E-state index contributed by atoms with van der Waals surface area (Å²) in [5.41, 5.74) is -0.974. The fourth-order valence-corrected chi connectivity index (χ4v) is 7.68. The molecule has 28 heavy (non-hydrogen) atoms. The van der Waals surface area contributed by atoms with E-state index in [0.29, 0.717) is 12.8 Å². The SMILES string of the molecule is CC(=O)O[C@]1(C=O)CCC2C3C(CC[C@@]21C)[C@@]1(C)CCC(=O)C=C1[C@H](Cl)[C@H]3O. The largest absolute Gasteiger partial charge is 0.451 e. The smallest absolute Gasteiger partial charge is 0.303 e. The van der Waals surface area contributed by atoms with Crippen molar-refractivity contribution in [3.63, 3.8) is 0 Å². The summed E-state index contributed by atoms with van der Waals surface area (Å²) in [6.07, 6.45) is 5.74. The minimum absolute atomic E-state index is 0.0445. The number of hydrogen-bond donors (Lipinski definition) is 1. The number of alkyl halides is 1. The lowest BCUT2D eigenvalue weighted by Gasteiger charge is -2.61. The van der Waals surface area contributed by atoms with E-state index in [1.807, 2.05) is 6.92 Å². The summed E-state index contributed by atoms with van der Waals surface area (Å²) in [4.78, 5) is 35.9. The minimum Gasteiger partial charge on any atom is -0.451 e. The van der Waals surface area contributed by atoms with E-state index in [4.69, 9.17) is 16.3 Å². The van der Waals surface area contributed by atoms with Crippen LogP contribution in [0.15, 0.2) is 11.6 Å². The first-order valence-electron chi connectivity index (χ1n) is 10.3. The van der Waals surface area contributed by atoms with Gasteiger partial charge < -0.3 is 9.84 Å². The molecule has 154 valence electrons. The summed E-state index contributed by atoms with van der Waals surface area (Å²) in [5, 5.41) is 10.6. The number of halogens is 1. The highest BCUT2D eigenvalue weighted by Crippen LogP contribution is 2.68. The van der Waals surface area contributed by atoms with Gasteiger partial charge in [-0.2, -0.15) is 0 Å². The third-order valence-corrected chi connectivity index (χ3v) is 9.20. The van der Waals surface area contributed by atoms with Crippen LogP contribution >= 0.6 is 11.6 Å². The number of esters is 1. The van der Waals surface area contributed by atoms with Gasteiger partial charge in [-0.1, -0.05) is 13.8 Å². The van der Waals surface area contributed by atoms with Gasteiger partial charge in [-0.15, -0.1) is 11.6 Å². The number of carbonyl (C=O) groups is 3. The zero-order valence-electron chi connectivity index (χ0n) is 16.7. The van der Waals surface area contributed by atoms with E-state index < -0.39 is 28.5 Å². The maximum atomic E-state index is 12.1. The summed E-state index contributed by atoms with van der Waals surface area (Å²) in [6.45, 7) is 5.56. The van der Waals surface area contributed by atoms with Crippen molar-refractivity contribution in [3.05, 3.63) is 11.6 Å². The van der Waals surface area contributed by atoms with Gasteiger partial charge in [-0.3, -0.25) is 14.4 Å². The standard InChI is InChI=1S/C22H29ClO5/c1-12(25)28-22(11-24)9-6-15-17-14(5-8-21(15,22)3)20(2)7-4-13(26)10-16(20)18(23)19(17)27/h10-11,14-15,17-19,27H,4-9H2,1-3H3/t14?,15?,17?,18-,19-,20+,21-,22-/m0/s1. The van der Waals surface area contributed by atoms with E-state index in [0.717, 1.165) is 37.5 Å². The van der Waals surface area contributed by atoms with E-state index >= 15 is 0 Å². The van der Waals surface area contributed by atoms with Crippen LogP contribution in [0.2, 0.25) is 0 Å². The highest BCUT2D eigenvalue weighted by atomic mass is 35.5. The van der Waals surface area contributed by atoms with Crippen LogP contribution in [-0.2, 0) is 19.1 Å². The first kappa shape index (κ1) is 20.1. The van der Waals surface area contributed by atoms with Crippen LogP contribution in [-0.4, -0.2) is 40.2 Å². The Morgan fingerprint density at radius 3 is 2.57 bits per heavy atom. The molecule has 5 nitrogen and oxygen atoms in total. The predicted molar refractivity (Wildman–Crippen MR) is 104 cm³/mol. The average Bonchev–Trinajstić information content (AvgIpc) is 2.93. The van der Waals surface area contributed by atoms with Gasteiger partial charge in [-0.05, 0) is 66.9 Å². The third-order valence-electron chi connectivity index (χ3n) is 8.71. The lowest BCUT2D eigenvalue weighted by Crippen LogP contribution is -2.62. The van der Waals surface area contributed by atoms with Gasteiger partial charge in [0.2, 0.25) is 0 Å². The first-order valence-corrected chi connectivity index (χ1v) is 10.8. The lowest BCUT2D eigenvalue weighted by atomic mass is 9.45. The van der Waals surface area contributed by atoms with Gasteiger partial charge in [0.05, 0.1) is 11.5 Å². The van der Waals surface area contributed by atoms with Crippen LogP contribution in [0.1, 0.15) is 59.3 Å². The average molecular weight is 409 g/mol. The van der Waals surface area contributed by atoms with Crippen molar-refractivity contribution in [2.45, 2.75) is 76.4 Å². The zero-order valence-corrected chi connectivity index (χ0v) is 17.5. The fourth-order valence-electron chi connectivity index (χ4n) is 7.20. The topological polar surface area (TPSA) is 80.7 Å². The molecule has 0 aliphatic heterocycles. The molecular formula is C22H29ClO5. The molecule has 3 unspecified atom stereocenters. The monoisotopic (exact) mass is 408 g/mol. The molecule has 4 aliphatic rings. The Morgan fingerprint density at radius 2 is 1.93 bits per heavy atom. The van der Waals surface area contributed by atoms with Gasteiger partial charge in [0.15, 0.2) is 17.7 Å². The van der Waals surface area contributed by atoms with Crippen LogP contribution in [0.4, 0.5) is 0 Å². The molecule has 0 radical (unpaired) electrons. The molecule has 1 N–H and O–H groups in total. The van der Waals surface area contributed by atoms with E-state index in [1.165, 1.54) is 6.92 Å². The molecule has 0 amide bonds. The number of ketones is 1. The Balaban J connectivity index is 1.76. The van der Waals surface area contributed by atoms with Crippen LogP contribution < -0.4 is 0 Å². The van der Waals surface area contributed by atoms with Crippen molar-refractivity contribution in [2.75, 3.05) is 0 Å². The molecule has 8 atom stereocenters. The second-order valence-corrected chi connectivity index (χ2v) is 10.2. The summed E-state index contributed by atoms with van der Waals surface area (Å²) in [6, 6.07) is 0. The quantitative estimate of drug-likeness (QED) is 0.431. The Labute approximate surface area is 170 Å². The van der Waals surface area contributed by atoms with Gasteiger partial charge in [0.25, 0.3) is 0 Å². The molecule has 3 saturated carbocycles. The molecule has 0 bridgehead atoms. The number of fused-ring (bicyclic) bond motifs is 5. The van der Waals surface area contributed by atoms with Crippen molar-refractivity contribution < 1.29 is 24.2 Å². The molecule has 0 aromatic carbocycles. The summed E-state index contributed by atoms with van der Waals surface area (Å²) >= 11 is 6.72. The van der Waals surface area contributed by atoms with Crippen molar-refractivity contribution in [3.8, 4) is 0 Å². The Bertz CT molecular complexity index is 762. The van der Waals surface area contributed by atoms with Crippen molar-refractivity contribution >= 4 is 29.6 Å². The first-order chi connectivity index (χ1) is 13.1. The third kappa shape index (κ3) is 2.44. The zero-order chi connectivity index (χ0) is 20.5. The maximum absolute atomic E-state index is 12.1. The Morgan fingerprint density at radius 1 is 1.25 bits per heavy atom. The van der Waals surface area contributed by atoms with E-state index in [9.17, 15) is 19.5 Å². The van der Waals surface area contributed by atoms with E-state index in [2.05, 4.69) is 6.92 Å². The van der Waals surface area contributed by atoms with Crippen molar-refractivity contribution in [1.82, 2.24) is 0 Å². The minimum atomic E-state index is -1.13. The molecule has 4 rings (SSSR count). The highest BCUT2D eigenvalue weighted by molar-refractivity contribution is 6.23.